The van der Waals surface area contributed by atoms with Gasteiger partial charge in [0.1, 0.15) is 11.5 Å². The zero-order chi connectivity index (χ0) is 16.2. The Labute approximate surface area is 134 Å². The van der Waals surface area contributed by atoms with E-state index in [0.717, 1.165) is 19.3 Å². The normalized spacial score (nSPS) is 11.0. The SMILES string of the molecule is COC(=O)/C=C(/Nc1c(Cl)cc(F)c(C)c1Br)C(=O)OC. The number of carbonyl (C=O) groups is 2. The summed E-state index contributed by atoms with van der Waals surface area (Å²) in [6.45, 7) is 1.53. The molecule has 1 aromatic carbocycles. The average molecular weight is 381 g/mol. The van der Waals surface area contributed by atoms with E-state index in [2.05, 4.69) is 30.7 Å². The summed E-state index contributed by atoms with van der Waals surface area (Å²) >= 11 is 9.12. The topological polar surface area (TPSA) is 64.6 Å². The van der Waals surface area contributed by atoms with Gasteiger partial charge in [-0.05, 0) is 28.9 Å². The Kier molecular flexibility index (Phi) is 6.17. The lowest BCUT2D eigenvalue weighted by molar-refractivity contribution is -0.138. The molecule has 21 heavy (non-hydrogen) atoms. The fraction of sp³-hybridized carbons (Fsp3) is 0.231. The molecule has 1 rings (SSSR count). The summed E-state index contributed by atoms with van der Waals surface area (Å²) in [5.41, 5.74) is 0.332. The lowest BCUT2D eigenvalue weighted by Gasteiger charge is -2.14. The van der Waals surface area contributed by atoms with Crippen LogP contribution >= 0.6 is 27.5 Å². The molecule has 1 N–H and O–H groups in total. The smallest absolute Gasteiger partial charge is 0.354 e. The van der Waals surface area contributed by atoms with Crippen LogP contribution in [0.5, 0.6) is 0 Å². The summed E-state index contributed by atoms with van der Waals surface area (Å²) in [5.74, 6) is -2.06. The number of nitrogens with one attached hydrogen (secondary N) is 1. The van der Waals surface area contributed by atoms with E-state index in [0.29, 0.717) is 10.0 Å². The van der Waals surface area contributed by atoms with Crippen LogP contribution in [0.4, 0.5) is 10.1 Å². The van der Waals surface area contributed by atoms with Crippen molar-refractivity contribution in [1.29, 1.82) is 0 Å². The monoisotopic (exact) mass is 379 g/mol. The molecule has 0 aliphatic heterocycles. The molecule has 5 nitrogen and oxygen atoms in total. The van der Waals surface area contributed by atoms with Crippen molar-refractivity contribution in [2.45, 2.75) is 6.92 Å². The Balaban J connectivity index is 3.28. The first kappa shape index (κ1) is 17.5. The van der Waals surface area contributed by atoms with E-state index in [1.165, 1.54) is 14.0 Å². The van der Waals surface area contributed by atoms with Crippen molar-refractivity contribution in [2.24, 2.45) is 0 Å². The number of anilines is 1. The van der Waals surface area contributed by atoms with E-state index in [1.807, 2.05) is 0 Å². The van der Waals surface area contributed by atoms with E-state index in [9.17, 15) is 14.0 Å². The molecule has 0 aliphatic carbocycles. The molecule has 0 aliphatic rings. The quantitative estimate of drug-likeness (QED) is 0.642. The Morgan fingerprint density at radius 1 is 1.38 bits per heavy atom. The van der Waals surface area contributed by atoms with Gasteiger partial charge in [0.2, 0.25) is 0 Å². The van der Waals surface area contributed by atoms with Crippen LogP contribution in [0.1, 0.15) is 5.56 Å². The van der Waals surface area contributed by atoms with Crippen LogP contribution in [0.25, 0.3) is 0 Å². The zero-order valence-electron chi connectivity index (χ0n) is 11.4. The first-order valence-electron chi connectivity index (χ1n) is 5.60. The molecule has 0 saturated heterocycles. The standard InChI is InChI=1S/C13H12BrClFNO4/c1-6-8(16)4-7(15)12(11(6)14)17-9(13(19)21-3)5-10(18)20-2/h4-5,17H,1-3H3/b9-5+. The van der Waals surface area contributed by atoms with Gasteiger partial charge in [-0.15, -0.1) is 0 Å². The number of hydrogen-bond donors (Lipinski definition) is 1. The van der Waals surface area contributed by atoms with Crippen LogP contribution in [0.15, 0.2) is 22.3 Å². The molecule has 0 atom stereocenters. The number of benzene rings is 1. The number of carbonyl (C=O) groups excluding carboxylic acids is 2. The van der Waals surface area contributed by atoms with Crippen molar-refractivity contribution in [3.05, 3.63) is 38.7 Å². The third kappa shape index (κ3) is 4.18. The third-order valence-corrected chi connectivity index (χ3v) is 3.82. The van der Waals surface area contributed by atoms with Crippen LogP contribution in [-0.4, -0.2) is 26.2 Å². The molecule has 0 amide bonds. The van der Waals surface area contributed by atoms with Gasteiger partial charge in [0, 0.05) is 10.0 Å². The van der Waals surface area contributed by atoms with Crippen molar-refractivity contribution in [1.82, 2.24) is 0 Å². The first-order valence-corrected chi connectivity index (χ1v) is 6.78. The molecular weight excluding hydrogens is 369 g/mol. The summed E-state index contributed by atoms with van der Waals surface area (Å²) in [4.78, 5) is 22.9. The molecule has 0 aromatic heterocycles. The van der Waals surface area contributed by atoms with E-state index >= 15 is 0 Å². The maximum absolute atomic E-state index is 13.5. The fourth-order valence-corrected chi connectivity index (χ4v) is 2.22. The van der Waals surface area contributed by atoms with Crippen molar-refractivity contribution >= 4 is 45.2 Å². The van der Waals surface area contributed by atoms with Crippen LogP contribution in [0, 0.1) is 12.7 Å². The maximum atomic E-state index is 13.5. The highest BCUT2D eigenvalue weighted by atomic mass is 79.9. The molecule has 0 radical (unpaired) electrons. The van der Waals surface area contributed by atoms with E-state index in [4.69, 9.17) is 11.6 Å². The predicted octanol–water partition coefficient (Wildman–Crippen LogP) is 3.19. The minimum Gasteiger partial charge on any atom is -0.466 e. The lowest BCUT2D eigenvalue weighted by atomic mass is 10.2. The molecule has 0 spiro atoms. The summed E-state index contributed by atoms with van der Waals surface area (Å²) in [6.07, 6.45) is 0.910. The van der Waals surface area contributed by atoms with Gasteiger partial charge in [-0.3, -0.25) is 0 Å². The van der Waals surface area contributed by atoms with Crippen molar-refractivity contribution in [3.8, 4) is 0 Å². The van der Waals surface area contributed by atoms with Gasteiger partial charge < -0.3 is 14.8 Å². The Morgan fingerprint density at radius 3 is 2.52 bits per heavy atom. The van der Waals surface area contributed by atoms with Crippen LogP contribution in [-0.2, 0) is 19.1 Å². The zero-order valence-corrected chi connectivity index (χ0v) is 13.8. The largest absolute Gasteiger partial charge is 0.466 e. The molecule has 8 heteroatoms. The summed E-state index contributed by atoms with van der Waals surface area (Å²) < 4.78 is 22.9. The molecular formula is C13H12BrClFNO4. The second kappa shape index (κ2) is 7.42. The van der Waals surface area contributed by atoms with E-state index in [1.54, 1.807) is 0 Å². The Morgan fingerprint density at radius 2 is 2.00 bits per heavy atom. The van der Waals surface area contributed by atoms with E-state index in [-0.39, 0.29) is 16.4 Å². The van der Waals surface area contributed by atoms with Gasteiger partial charge >= 0.3 is 11.9 Å². The minimum absolute atomic E-state index is 0.0321. The summed E-state index contributed by atoms with van der Waals surface area (Å²) in [5, 5.41) is 2.67. The molecule has 0 fully saturated rings. The van der Waals surface area contributed by atoms with Crippen LogP contribution in [0.2, 0.25) is 5.02 Å². The Bertz CT molecular complexity index is 619. The molecule has 0 bridgehead atoms. The lowest BCUT2D eigenvalue weighted by Crippen LogP contribution is -2.16. The summed E-state index contributed by atoms with van der Waals surface area (Å²) in [7, 11) is 2.32. The Hall–Kier alpha value is -1.60. The fourth-order valence-electron chi connectivity index (χ4n) is 1.37. The van der Waals surface area contributed by atoms with Gasteiger partial charge in [-0.25, -0.2) is 14.0 Å². The van der Waals surface area contributed by atoms with Crippen molar-refractivity contribution in [3.63, 3.8) is 0 Å². The second-order valence-corrected chi connectivity index (χ2v) is 5.05. The minimum atomic E-state index is -0.801. The van der Waals surface area contributed by atoms with E-state index < -0.39 is 17.8 Å². The highest BCUT2D eigenvalue weighted by Gasteiger charge is 2.18. The maximum Gasteiger partial charge on any atom is 0.354 e. The molecule has 114 valence electrons. The predicted molar refractivity (Wildman–Crippen MR) is 79.6 cm³/mol. The molecule has 0 saturated carbocycles. The molecule has 1 aromatic rings. The number of rotatable bonds is 4. The van der Waals surface area contributed by atoms with Crippen molar-refractivity contribution in [2.75, 3.05) is 19.5 Å². The molecule has 0 unspecified atom stereocenters. The molecule has 0 heterocycles. The van der Waals surface area contributed by atoms with Gasteiger partial charge in [0.25, 0.3) is 0 Å². The summed E-state index contributed by atoms with van der Waals surface area (Å²) in [6, 6.07) is 1.09. The van der Waals surface area contributed by atoms with Gasteiger partial charge in [-0.2, -0.15) is 0 Å². The van der Waals surface area contributed by atoms with Crippen LogP contribution < -0.4 is 5.32 Å². The van der Waals surface area contributed by atoms with Crippen molar-refractivity contribution < 1.29 is 23.5 Å². The number of hydrogen-bond acceptors (Lipinski definition) is 5. The van der Waals surface area contributed by atoms with Gasteiger partial charge in [0.05, 0.1) is 31.0 Å². The number of methoxy groups -OCH3 is 2. The number of ether oxygens (including phenoxy) is 2. The number of halogens is 3. The highest BCUT2D eigenvalue weighted by molar-refractivity contribution is 9.10. The first-order chi connectivity index (χ1) is 9.81. The third-order valence-electron chi connectivity index (χ3n) is 2.53. The second-order valence-electron chi connectivity index (χ2n) is 3.85. The van der Waals surface area contributed by atoms with Gasteiger partial charge in [0.15, 0.2) is 0 Å². The number of esters is 2. The van der Waals surface area contributed by atoms with Crippen LogP contribution in [0.3, 0.4) is 0 Å². The van der Waals surface area contributed by atoms with Gasteiger partial charge in [-0.1, -0.05) is 11.6 Å². The average Bonchev–Trinajstić information content (AvgIpc) is 2.46. The highest BCUT2D eigenvalue weighted by Crippen LogP contribution is 2.35.